The van der Waals surface area contributed by atoms with E-state index in [4.69, 9.17) is 0 Å². The number of benzene rings is 1. The first-order valence-corrected chi connectivity index (χ1v) is 7.48. The zero-order valence-electron chi connectivity index (χ0n) is 7.67. The molecule has 0 saturated carbocycles. The van der Waals surface area contributed by atoms with E-state index in [0.717, 1.165) is 5.56 Å². The molecule has 1 aromatic rings. The molecule has 0 nitrogen and oxygen atoms in total. The van der Waals surface area contributed by atoms with Crippen molar-refractivity contribution in [2.45, 2.75) is 19.8 Å². The van der Waals surface area contributed by atoms with E-state index in [1.54, 1.807) is 0 Å². The molecule has 1 rings (SSSR count). The lowest BCUT2D eigenvalue weighted by Gasteiger charge is -2.03. The van der Waals surface area contributed by atoms with Crippen molar-refractivity contribution in [3.05, 3.63) is 35.4 Å². The maximum absolute atomic E-state index is 3.07. The zero-order valence-corrected chi connectivity index (χ0v) is 10.6. The molecule has 2 heteroatoms. The van der Waals surface area contributed by atoms with Crippen LogP contribution in [0.4, 0.5) is 0 Å². The summed E-state index contributed by atoms with van der Waals surface area (Å²) in [6, 6.07) is 8.45. The Labute approximate surface area is 96.1 Å². The Hall–Kier alpha value is -0.140. The predicted octanol–water partition coefficient (Wildman–Crippen LogP) is 4.20. The van der Waals surface area contributed by atoms with E-state index in [9.17, 15) is 0 Å². The minimum atomic E-state index is 0.598. The molecule has 1 aromatic carbocycles. The third kappa shape index (κ3) is 3.61. The maximum Gasteiger partial charge on any atom is 0.0254 e. The lowest BCUT2D eigenvalue weighted by molar-refractivity contribution is 0.866. The van der Waals surface area contributed by atoms with Crippen molar-refractivity contribution in [2.24, 2.45) is 0 Å². The van der Waals surface area contributed by atoms with Crippen molar-refractivity contribution < 1.29 is 0 Å². The van der Waals surface area contributed by atoms with Crippen LogP contribution in [0, 0.1) is 11.2 Å². The Morgan fingerprint density at radius 3 is 2.31 bits per heavy atom. The SMILES string of the molecule is CC(C)c1ccc(C#CSI)cc1. The summed E-state index contributed by atoms with van der Waals surface area (Å²) in [6.07, 6.45) is 0. The van der Waals surface area contributed by atoms with Crippen molar-refractivity contribution in [1.82, 2.24) is 0 Å². The van der Waals surface area contributed by atoms with Gasteiger partial charge < -0.3 is 0 Å². The maximum atomic E-state index is 3.07. The minimum absolute atomic E-state index is 0.598. The second kappa shape index (κ2) is 5.56. The van der Waals surface area contributed by atoms with Crippen LogP contribution < -0.4 is 0 Å². The van der Waals surface area contributed by atoms with Crippen molar-refractivity contribution in [3.63, 3.8) is 0 Å². The summed E-state index contributed by atoms with van der Waals surface area (Å²) < 4.78 is 0. The summed E-state index contributed by atoms with van der Waals surface area (Å²) in [5.74, 6) is 3.66. The van der Waals surface area contributed by atoms with Crippen LogP contribution in [-0.4, -0.2) is 0 Å². The molecule has 0 aliphatic rings. The van der Waals surface area contributed by atoms with Gasteiger partial charge in [0.1, 0.15) is 0 Å². The summed E-state index contributed by atoms with van der Waals surface area (Å²) in [5.41, 5.74) is 2.46. The molecule has 0 saturated heterocycles. The fraction of sp³-hybridized carbons (Fsp3) is 0.273. The summed E-state index contributed by atoms with van der Waals surface area (Å²) in [6.45, 7) is 4.39. The molecular formula is C11H11IS. The average Bonchev–Trinajstić information content (AvgIpc) is 2.15. The van der Waals surface area contributed by atoms with Gasteiger partial charge in [-0.3, -0.25) is 0 Å². The average molecular weight is 302 g/mol. The fourth-order valence-corrected chi connectivity index (χ4v) is 1.52. The third-order valence-electron chi connectivity index (χ3n) is 1.81. The van der Waals surface area contributed by atoms with Gasteiger partial charge in [0, 0.05) is 26.8 Å². The summed E-state index contributed by atoms with van der Waals surface area (Å²) >= 11 is 2.17. The van der Waals surface area contributed by atoms with Gasteiger partial charge in [-0.05, 0) is 37.8 Å². The quantitative estimate of drug-likeness (QED) is 0.553. The van der Waals surface area contributed by atoms with Gasteiger partial charge in [0.15, 0.2) is 0 Å². The first-order chi connectivity index (χ1) is 6.24. The Morgan fingerprint density at radius 2 is 1.85 bits per heavy atom. The van der Waals surface area contributed by atoms with Crippen molar-refractivity contribution in [2.75, 3.05) is 0 Å². The van der Waals surface area contributed by atoms with Gasteiger partial charge >= 0.3 is 0 Å². The van der Waals surface area contributed by atoms with E-state index in [-0.39, 0.29) is 0 Å². The predicted molar refractivity (Wildman–Crippen MR) is 69.0 cm³/mol. The van der Waals surface area contributed by atoms with E-state index < -0.39 is 0 Å². The highest BCUT2D eigenvalue weighted by Crippen LogP contribution is 2.14. The standard InChI is InChI=1S/C11H11IS/c1-9(2)11-5-3-10(4-6-11)7-8-13-12/h3-6,9H,1-2H3. The number of halogens is 1. The highest BCUT2D eigenvalue weighted by atomic mass is 127. The van der Waals surface area contributed by atoms with Gasteiger partial charge in [-0.2, -0.15) is 0 Å². The Bertz CT molecular complexity index is 316. The molecular weight excluding hydrogens is 291 g/mol. The highest BCUT2D eigenvalue weighted by Gasteiger charge is 1.96. The Kier molecular flexibility index (Phi) is 4.68. The van der Waals surface area contributed by atoms with Crippen molar-refractivity contribution in [3.8, 4) is 11.2 Å². The van der Waals surface area contributed by atoms with Crippen LogP contribution in [-0.2, 0) is 0 Å². The first-order valence-electron chi connectivity index (χ1n) is 4.12. The molecule has 0 atom stereocenters. The Balaban J connectivity index is 2.81. The fourth-order valence-electron chi connectivity index (χ4n) is 1.03. The molecule has 0 aliphatic carbocycles. The molecule has 0 unspecified atom stereocenters. The van der Waals surface area contributed by atoms with E-state index in [2.05, 4.69) is 70.5 Å². The second-order valence-corrected chi connectivity index (χ2v) is 4.76. The van der Waals surface area contributed by atoms with Gasteiger partial charge in [0.25, 0.3) is 0 Å². The van der Waals surface area contributed by atoms with Crippen molar-refractivity contribution >= 4 is 30.1 Å². The molecule has 0 aliphatic heterocycles. The number of hydrogen-bond donors (Lipinski definition) is 0. The number of rotatable bonds is 1. The highest BCUT2D eigenvalue weighted by molar-refractivity contribution is 14.2. The van der Waals surface area contributed by atoms with Gasteiger partial charge in [0.05, 0.1) is 0 Å². The minimum Gasteiger partial charge on any atom is -0.0587 e. The normalized spacial score (nSPS) is 9.54. The van der Waals surface area contributed by atoms with Crippen LogP contribution in [0.2, 0.25) is 0 Å². The molecule has 0 aromatic heterocycles. The largest absolute Gasteiger partial charge is 0.0587 e. The molecule has 0 spiro atoms. The van der Waals surface area contributed by atoms with Crippen molar-refractivity contribution in [1.29, 1.82) is 0 Å². The van der Waals surface area contributed by atoms with E-state index in [1.165, 1.54) is 14.5 Å². The smallest absolute Gasteiger partial charge is 0.0254 e. The summed E-state index contributed by atoms with van der Waals surface area (Å²) in [7, 11) is 1.52. The molecule has 0 bridgehead atoms. The van der Waals surface area contributed by atoms with E-state index in [0.29, 0.717) is 5.92 Å². The third-order valence-corrected chi connectivity index (χ3v) is 2.65. The van der Waals surface area contributed by atoms with Gasteiger partial charge in [-0.15, -0.1) is 0 Å². The van der Waals surface area contributed by atoms with Crippen LogP contribution in [0.25, 0.3) is 0 Å². The molecule has 0 amide bonds. The lowest BCUT2D eigenvalue weighted by atomic mass is 10.0. The van der Waals surface area contributed by atoms with E-state index in [1.807, 2.05) is 0 Å². The molecule has 0 fully saturated rings. The van der Waals surface area contributed by atoms with E-state index >= 15 is 0 Å². The molecule has 0 radical (unpaired) electrons. The summed E-state index contributed by atoms with van der Waals surface area (Å²) in [5, 5.41) is 2.97. The molecule has 68 valence electrons. The van der Waals surface area contributed by atoms with Crippen LogP contribution in [0.5, 0.6) is 0 Å². The van der Waals surface area contributed by atoms with Crippen LogP contribution in [0.1, 0.15) is 30.9 Å². The second-order valence-electron chi connectivity index (χ2n) is 3.08. The van der Waals surface area contributed by atoms with Gasteiger partial charge in [-0.25, -0.2) is 0 Å². The Morgan fingerprint density at radius 1 is 1.23 bits per heavy atom. The molecule has 0 N–H and O–H groups in total. The monoisotopic (exact) mass is 302 g/mol. The molecule has 0 heterocycles. The van der Waals surface area contributed by atoms with Crippen LogP contribution in [0.15, 0.2) is 24.3 Å². The molecule has 13 heavy (non-hydrogen) atoms. The zero-order chi connectivity index (χ0) is 9.68. The van der Waals surface area contributed by atoms with Crippen LogP contribution >= 0.6 is 30.1 Å². The lowest BCUT2D eigenvalue weighted by Crippen LogP contribution is -1.86. The van der Waals surface area contributed by atoms with Gasteiger partial charge in [0.2, 0.25) is 0 Å². The van der Waals surface area contributed by atoms with Gasteiger partial charge in [-0.1, -0.05) is 31.9 Å². The topological polar surface area (TPSA) is 0 Å². The summed E-state index contributed by atoms with van der Waals surface area (Å²) in [4.78, 5) is 0. The number of hydrogen-bond acceptors (Lipinski definition) is 1. The first kappa shape index (κ1) is 10.9. The van der Waals surface area contributed by atoms with Crippen LogP contribution in [0.3, 0.4) is 0 Å².